The average Bonchev–Trinajstić information content (AvgIpc) is 3.40. The van der Waals surface area contributed by atoms with E-state index in [4.69, 9.17) is 9.72 Å². The van der Waals surface area contributed by atoms with Gasteiger partial charge in [-0.15, -0.1) is 0 Å². The Labute approximate surface area is 249 Å². The number of rotatable bonds is 5. The molecule has 1 unspecified atom stereocenters. The molecule has 0 bridgehead atoms. The van der Waals surface area contributed by atoms with Crippen molar-refractivity contribution in [3.05, 3.63) is 70.3 Å². The van der Waals surface area contributed by atoms with Gasteiger partial charge < -0.3 is 19.9 Å². The lowest BCUT2D eigenvalue weighted by molar-refractivity contribution is -0.143. The first-order valence-corrected chi connectivity index (χ1v) is 13.9. The number of aryl methyl sites for hydroxylation is 1. The number of amides is 2. The number of nitrogens with one attached hydrogen (secondary N) is 1. The molecule has 1 saturated heterocycles. The maximum Gasteiger partial charge on any atom is 0.416 e. The molecular formula is C30H29F6N5O3. The maximum atomic E-state index is 14.1. The molecule has 44 heavy (non-hydrogen) atoms. The fourth-order valence-electron chi connectivity index (χ4n) is 5.41. The third-order valence-corrected chi connectivity index (χ3v) is 7.48. The number of anilines is 1. The first-order valence-electron chi connectivity index (χ1n) is 13.9. The smallest absolute Gasteiger partial charge is 0.416 e. The quantitative estimate of drug-likeness (QED) is 0.372. The van der Waals surface area contributed by atoms with E-state index < -0.39 is 35.9 Å². The van der Waals surface area contributed by atoms with Crippen molar-refractivity contribution in [2.45, 2.75) is 51.6 Å². The van der Waals surface area contributed by atoms with Crippen LogP contribution in [0.1, 0.15) is 52.4 Å². The minimum absolute atomic E-state index is 0.00928. The zero-order chi connectivity index (χ0) is 31.8. The first kappa shape index (κ1) is 31.1. The molecule has 2 aliphatic rings. The van der Waals surface area contributed by atoms with Gasteiger partial charge in [0.1, 0.15) is 5.56 Å². The normalized spacial score (nSPS) is 17.5. The van der Waals surface area contributed by atoms with Gasteiger partial charge in [0.15, 0.2) is 0 Å². The van der Waals surface area contributed by atoms with E-state index in [0.29, 0.717) is 37.2 Å². The monoisotopic (exact) mass is 621 g/mol. The number of halogens is 6. The summed E-state index contributed by atoms with van der Waals surface area (Å²) in [6, 6.07) is 8.31. The van der Waals surface area contributed by atoms with E-state index in [1.54, 1.807) is 18.2 Å². The third kappa shape index (κ3) is 6.73. The van der Waals surface area contributed by atoms with E-state index in [1.165, 1.54) is 11.8 Å². The lowest BCUT2D eigenvalue weighted by Gasteiger charge is -2.29. The number of alkyl halides is 6. The van der Waals surface area contributed by atoms with E-state index in [1.807, 2.05) is 17.9 Å². The van der Waals surface area contributed by atoms with Gasteiger partial charge in [-0.2, -0.15) is 31.3 Å². The number of ether oxygens (including phenoxy) is 1. The van der Waals surface area contributed by atoms with Gasteiger partial charge in [-0.05, 0) is 49.1 Å². The van der Waals surface area contributed by atoms with Crippen LogP contribution in [0.2, 0.25) is 0 Å². The molecule has 14 heteroatoms. The van der Waals surface area contributed by atoms with E-state index in [2.05, 4.69) is 10.3 Å². The van der Waals surface area contributed by atoms with Gasteiger partial charge in [0.05, 0.1) is 23.4 Å². The number of hydrogen-bond donors (Lipinski definition) is 1. The molecule has 3 aromatic rings. The highest BCUT2D eigenvalue weighted by molar-refractivity contribution is 6.02. The van der Waals surface area contributed by atoms with E-state index in [9.17, 15) is 35.9 Å². The number of fused-ring (bicyclic) bond motifs is 1. The Morgan fingerprint density at radius 2 is 1.70 bits per heavy atom. The molecule has 2 aliphatic heterocycles. The molecule has 2 aromatic carbocycles. The van der Waals surface area contributed by atoms with Crippen LogP contribution in [0.4, 0.5) is 32.3 Å². The van der Waals surface area contributed by atoms with Gasteiger partial charge in [0, 0.05) is 44.7 Å². The minimum Gasteiger partial charge on any atom is -0.477 e. The molecule has 1 atom stereocenters. The van der Waals surface area contributed by atoms with Crippen molar-refractivity contribution in [1.29, 1.82) is 0 Å². The Kier molecular flexibility index (Phi) is 8.45. The van der Waals surface area contributed by atoms with E-state index in [0.717, 1.165) is 5.56 Å². The number of nitrogens with zero attached hydrogens (tertiary/aromatic N) is 4. The molecule has 234 valence electrons. The van der Waals surface area contributed by atoms with Gasteiger partial charge in [-0.1, -0.05) is 24.3 Å². The molecule has 1 fully saturated rings. The van der Waals surface area contributed by atoms with Crippen molar-refractivity contribution < 1.29 is 40.7 Å². The van der Waals surface area contributed by atoms with E-state index >= 15 is 0 Å². The van der Waals surface area contributed by atoms with Crippen LogP contribution in [-0.4, -0.2) is 59.0 Å². The lowest BCUT2D eigenvalue weighted by atomic mass is 10.00. The summed E-state index contributed by atoms with van der Waals surface area (Å²) in [5.41, 5.74) is -1.69. The maximum absolute atomic E-state index is 14.1. The summed E-state index contributed by atoms with van der Waals surface area (Å²) in [6.07, 6.45) is -9.14. The van der Waals surface area contributed by atoms with Crippen molar-refractivity contribution in [2.75, 3.05) is 31.1 Å². The predicted molar refractivity (Wildman–Crippen MR) is 148 cm³/mol. The highest BCUT2D eigenvalue weighted by atomic mass is 19.4. The molecule has 0 radical (unpaired) electrons. The topological polar surface area (TPSA) is 87.7 Å². The standard InChI is InChI=1S/C30H29F6N5O3/c1-17-6-3-4-7-23(17)25-24-26(39-28(38-25)41-10-8-22(16-41)37-18(2)42)44-11-5-9-40(27(24)43)15-19-12-20(29(31,32)33)14-21(13-19)30(34,35)36/h3-4,6-7,12-14,22H,5,8-11,15-16H2,1-2H3,(H,37,42). The summed E-state index contributed by atoms with van der Waals surface area (Å²) in [6.45, 7) is 3.77. The number of carbonyl (C=O) groups is 2. The molecule has 0 aliphatic carbocycles. The average molecular weight is 622 g/mol. The molecule has 2 amide bonds. The Hall–Kier alpha value is -4.36. The van der Waals surface area contributed by atoms with Crippen LogP contribution in [0.25, 0.3) is 11.3 Å². The molecule has 0 saturated carbocycles. The number of aromatic nitrogens is 2. The highest BCUT2D eigenvalue weighted by Crippen LogP contribution is 2.38. The Morgan fingerprint density at radius 1 is 1.02 bits per heavy atom. The van der Waals surface area contributed by atoms with Crippen LogP contribution in [0.5, 0.6) is 5.88 Å². The minimum atomic E-state index is -5.02. The van der Waals surface area contributed by atoms with Crippen molar-refractivity contribution in [3.8, 4) is 17.1 Å². The number of benzene rings is 2. The van der Waals surface area contributed by atoms with Crippen molar-refractivity contribution in [2.24, 2.45) is 0 Å². The van der Waals surface area contributed by atoms with Crippen LogP contribution in [0.3, 0.4) is 0 Å². The summed E-state index contributed by atoms with van der Waals surface area (Å²) < 4.78 is 87.1. The molecule has 5 rings (SSSR count). The van der Waals surface area contributed by atoms with Gasteiger partial charge in [-0.3, -0.25) is 9.59 Å². The summed E-state index contributed by atoms with van der Waals surface area (Å²) in [5.74, 6) is -0.630. The summed E-state index contributed by atoms with van der Waals surface area (Å²) >= 11 is 0. The van der Waals surface area contributed by atoms with Crippen molar-refractivity contribution in [1.82, 2.24) is 20.2 Å². The first-order chi connectivity index (χ1) is 20.7. The number of carbonyl (C=O) groups excluding carboxylic acids is 2. The summed E-state index contributed by atoms with van der Waals surface area (Å²) in [4.78, 5) is 38.1. The Morgan fingerprint density at radius 3 is 2.34 bits per heavy atom. The Balaban J connectivity index is 1.58. The lowest BCUT2D eigenvalue weighted by Crippen LogP contribution is -2.37. The van der Waals surface area contributed by atoms with Crippen molar-refractivity contribution >= 4 is 17.8 Å². The highest BCUT2D eigenvalue weighted by Gasteiger charge is 2.38. The van der Waals surface area contributed by atoms with Crippen LogP contribution in [0, 0.1) is 6.92 Å². The SMILES string of the molecule is CC(=O)NC1CCN(c2nc3c(c(-c4ccccc4C)n2)C(=O)N(Cc2cc(C(F)(F)F)cc(C(F)(F)F)c2)CCCO3)C1. The van der Waals surface area contributed by atoms with Crippen LogP contribution in [-0.2, 0) is 23.7 Å². The van der Waals surface area contributed by atoms with Crippen LogP contribution in [0.15, 0.2) is 42.5 Å². The number of hydrogen-bond acceptors (Lipinski definition) is 6. The second-order valence-corrected chi connectivity index (χ2v) is 10.8. The molecule has 1 aromatic heterocycles. The fraction of sp³-hybridized carbons (Fsp3) is 0.400. The Bertz CT molecular complexity index is 1540. The molecular weight excluding hydrogens is 592 g/mol. The van der Waals surface area contributed by atoms with Crippen LogP contribution >= 0.6 is 0 Å². The van der Waals surface area contributed by atoms with Gasteiger partial charge in [0.25, 0.3) is 5.91 Å². The van der Waals surface area contributed by atoms with Crippen LogP contribution < -0.4 is 15.0 Å². The van der Waals surface area contributed by atoms with Gasteiger partial charge in [0.2, 0.25) is 17.7 Å². The summed E-state index contributed by atoms with van der Waals surface area (Å²) in [5, 5.41) is 2.87. The molecule has 0 spiro atoms. The van der Waals surface area contributed by atoms with Gasteiger partial charge >= 0.3 is 12.4 Å². The summed E-state index contributed by atoms with van der Waals surface area (Å²) in [7, 11) is 0. The predicted octanol–water partition coefficient (Wildman–Crippen LogP) is 5.63. The second kappa shape index (κ2) is 12.0. The third-order valence-electron chi connectivity index (χ3n) is 7.48. The second-order valence-electron chi connectivity index (χ2n) is 10.8. The largest absolute Gasteiger partial charge is 0.477 e. The fourth-order valence-corrected chi connectivity index (χ4v) is 5.41. The molecule has 1 N–H and O–H groups in total. The van der Waals surface area contributed by atoms with E-state index in [-0.39, 0.29) is 66.2 Å². The molecule has 3 heterocycles. The van der Waals surface area contributed by atoms with Gasteiger partial charge in [-0.25, -0.2) is 4.98 Å². The zero-order valence-electron chi connectivity index (χ0n) is 23.8. The zero-order valence-corrected chi connectivity index (χ0v) is 23.8. The van der Waals surface area contributed by atoms with Crippen molar-refractivity contribution in [3.63, 3.8) is 0 Å². The molecule has 8 nitrogen and oxygen atoms in total.